The number of anilines is 1. The molecule has 0 saturated carbocycles. The molecule has 5 rings (SSSR count). The van der Waals surface area contributed by atoms with E-state index in [1.54, 1.807) is 0 Å². The number of fused-ring (bicyclic) bond motifs is 1. The van der Waals surface area contributed by atoms with Crippen LogP contribution in [0.15, 0.2) is 73.2 Å². The third kappa shape index (κ3) is 4.10. The summed E-state index contributed by atoms with van der Waals surface area (Å²) in [7, 11) is -3.06. The molecule has 1 fully saturated rings. The average molecular weight is 532 g/mol. The highest BCUT2D eigenvalue weighted by Gasteiger charge is 2.54. The molecular weight excluding hydrogens is 499 g/mol. The van der Waals surface area contributed by atoms with Crippen LogP contribution in [0.3, 0.4) is 0 Å². The monoisotopic (exact) mass is 531 g/mol. The fourth-order valence-corrected chi connectivity index (χ4v) is 9.93. The van der Waals surface area contributed by atoms with Crippen LogP contribution in [0.5, 0.6) is 0 Å². The Morgan fingerprint density at radius 3 is 2.37 bits per heavy atom. The summed E-state index contributed by atoms with van der Waals surface area (Å²) in [6, 6.07) is 19.9. The predicted octanol–water partition coefficient (Wildman–Crippen LogP) is 3.38. The van der Waals surface area contributed by atoms with Gasteiger partial charge in [0.05, 0.1) is 13.4 Å². The second-order valence-corrected chi connectivity index (χ2v) is 14.8. The molecule has 196 valence electrons. The van der Waals surface area contributed by atoms with Gasteiger partial charge in [-0.3, -0.25) is 0 Å². The van der Waals surface area contributed by atoms with Crippen molar-refractivity contribution in [2.75, 3.05) is 12.3 Å². The Balaban J connectivity index is 1.58. The summed E-state index contributed by atoms with van der Waals surface area (Å²) < 4.78 is 38.2. The number of halogens is 1. The second kappa shape index (κ2) is 9.64. The van der Waals surface area contributed by atoms with Gasteiger partial charge in [-0.1, -0.05) is 87.4 Å². The maximum atomic E-state index is 14.8. The first-order valence-electron chi connectivity index (χ1n) is 12.9. The molecule has 2 aromatic carbocycles. The maximum Gasteiger partial charge on any atom is 0.261 e. The van der Waals surface area contributed by atoms with Crippen molar-refractivity contribution in [1.82, 2.24) is 14.5 Å². The lowest BCUT2D eigenvalue weighted by Gasteiger charge is -2.44. The Kier molecular flexibility index (Phi) is 6.28. The predicted molar refractivity (Wildman–Crippen MR) is 148 cm³/mol. The van der Waals surface area contributed by atoms with Crippen molar-refractivity contribution in [1.29, 1.82) is 0 Å². The molecule has 0 aliphatic carbocycles. The Labute approximate surface area is 224 Å². The van der Waals surface area contributed by atoms with Gasteiger partial charge in [-0.15, -0.1) is 6.42 Å². The fraction of sp³-hybridized carbons (Fsp3) is 0.310. The number of nitrogens with zero attached hydrogens (tertiary/aromatic N) is 3. The molecular formula is C29H31FN4O3Si. The Bertz CT molecular complexity index is 1500. The van der Waals surface area contributed by atoms with Gasteiger partial charge in [0.2, 0.25) is 0 Å². The average Bonchev–Trinajstić information content (AvgIpc) is 3.38. The van der Waals surface area contributed by atoms with Crippen LogP contribution in [-0.4, -0.2) is 46.2 Å². The van der Waals surface area contributed by atoms with Gasteiger partial charge in [0.15, 0.2) is 17.1 Å². The topological polar surface area (TPSA) is 95.4 Å². The minimum absolute atomic E-state index is 0.0198. The van der Waals surface area contributed by atoms with Crippen LogP contribution >= 0.6 is 0 Å². The summed E-state index contributed by atoms with van der Waals surface area (Å²) in [6.45, 7) is 6.09. The number of ether oxygens (including phenoxy) is 1. The number of terminal acetylenes is 1. The summed E-state index contributed by atoms with van der Waals surface area (Å²) >= 11 is 0. The fourth-order valence-electron chi connectivity index (χ4n) is 5.36. The van der Waals surface area contributed by atoms with E-state index in [1.165, 1.54) is 17.1 Å². The van der Waals surface area contributed by atoms with E-state index in [0.29, 0.717) is 0 Å². The van der Waals surface area contributed by atoms with Gasteiger partial charge in [-0.05, 0) is 15.4 Å². The number of nitrogen functional groups attached to an aromatic ring is 1. The molecule has 3 heterocycles. The quantitative estimate of drug-likeness (QED) is 0.293. The van der Waals surface area contributed by atoms with Crippen molar-refractivity contribution < 1.29 is 20.0 Å². The van der Waals surface area contributed by atoms with Crippen molar-refractivity contribution in [2.24, 2.45) is 0 Å². The van der Waals surface area contributed by atoms with Crippen LogP contribution in [0.2, 0.25) is 5.04 Å². The van der Waals surface area contributed by atoms with Gasteiger partial charge < -0.3 is 24.6 Å². The number of rotatable bonds is 6. The largest absolute Gasteiger partial charge is 0.403 e. The third-order valence-corrected chi connectivity index (χ3v) is 12.2. The zero-order valence-electron chi connectivity index (χ0n) is 22.6. The lowest BCUT2D eigenvalue weighted by atomic mass is 9.99. The van der Waals surface area contributed by atoms with Gasteiger partial charge in [-0.2, -0.15) is 0 Å². The molecule has 9 heteroatoms. The molecule has 0 amide bonds. The smallest absolute Gasteiger partial charge is 0.261 e. The molecule has 1 saturated heterocycles. The van der Waals surface area contributed by atoms with E-state index in [2.05, 4.69) is 36.7 Å². The summed E-state index contributed by atoms with van der Waals surface area (Å²) in [5.41, 5.74) is 4.20. The molecule has 0 unspecified atom stereocenters. The van der Waals surface area contributed by atoms with Crippen LogP contribution in [-0.2, 0) is 9.16 Å². The van der Waals surface area contributed by atoms with E-state index >= 15 is 0 Å². The van der Waals surface area contributed by atoms with Crippen molar-refractivity contribution in [3.05, 3.63) is 79.0 Å². The van der Waals surface area contributed by atoms with Crippen molar-refractivity contribution in [3.63, 3.8) is 0 Å². The van der Waals surface area contributed by atoms with Crippen molar-refractivity contribution >= 4 is 35.5 Å². The summed E-state index contributed by atoms with van der Waals surface area (Å²) in [4.78, 5) is 8.02. The highest BCUT2D eigenvalue weighted by atomic mass is 28.4. The van der Waals surface area contributed by atoms with Gasteiger partial charge in [0.1, 0.15) is 24.5 Å². The van der Waals surface area contributed by atoms with Gasteiger partial charge >= 0.3 is 0 Å². The lowest BCUT2D eigenvalue weighted by Crippen LogP contribution is -2.68. The molecule has 1 aliphatic rings. The third-order valence-electron chi connectivity index (χ3n) is 7.22. The number of hydrogen-bond acceptors (Lipinski definition) is 6. The second-order valence-electron chi connectivity index (χ2n) is 10.5. The number of hydrogen-bond donors (Lipinski definition) is 2. The molecule has 3 atom stereocenters. The SMILES string of the molecule is [2H][C@]1(O)C[C@H](n2cc(F)c3c(N)ncnc32)O[C@]1(C#C)CO[Si](c1ccccc1)(c1ccccc1)C(C)(C)C. The minimum Gasteiger partial charge on any atom is -0.403 e. The van der Waals surface area contributed by atoms with Crippen LogP contribution in [0.25, 0.3) is 11.0 Å². The molecule has 3 N–H and O–H groups in total. The zero-order chi connectivity index (χ0) is 28.1. The Morgan fingerprint density at radius 2 is 1.82 bits per heavy atom. The number of benzene rings is 2. The first kappa shape index (κ1) is 24.8. The highest BCUT2D eigenvalue weighted by Crippen LogP contribution is 2.42. The number of nitrogens with two attached hydrogens (primary N) is 1. The van der Waals surface area contributed by atoms with E-state index in [-0.39, 0.29) is 34.9 Å². The number of aromatic nitrogens is 3. The lowest BCUT2D eigenvalue weighted by molar-refractivity contribution is -0.0857. The molecule has 1 aliphatic heterocycles. The van der Waals surface area contributed by atoms with Gasteiger partial charge in [0, 0.05) is 12.6 Å². The number of aliphatic hydroxyl groups is 1. The van der Waals surface area contributed by atoms with E-state index in [4.69, 9.17) is 22.7 Å². The summed E-state index contributed by atoms with van der Waals surface area (Å²) in [5.74, 6) is 1.88. The molecule has 0 bridgehead atoms. The highest BCUT2D eigenvalue weighted by molar-refractivity contribution is 6.99. The first-order chi connectivity index (χ1) is 18.5. The molecule has 0 spiro atoms. The van der Waals surface area contributed by atoms with Crippen LogP contribution in [0.4, 0.5) is 10.2 Å². The molecule has 4 aromatic rings. The standard InChI is InChI=1S/C29H31FN4O3Si/c1-5-29(23(35)16-24(37-29)34-17-22(30)25-26(31)32-19-33-27(25)34)18-36-38(28(2,3)4,20-12-8-6-9-13-20)21-14-10-7-11-15-21/h1,6-15,17,19,23-24,35H,16,18H2,2-4H3,(H2,31,32,33)/t23-,24+,29+/m0/s1/i23D. The van der Waals surface area contributed by atoms with Crippen molar-refractivity contribution in [3.8, 4) is 12.3 Å². The Hall–Kier alpha value is -3.55. The van der Waals surface area contributed by atoms with Gasteiger partial charge in [-0.25, -0.2) is 14.4 Å². The minimum atomic E-state index is -3.06. The van der Waals surface area contributed by atoms with Crippen LogP contribution in [0.1, 0.15) is 34.8 Å². The normalized spacial score (nSPS) is 24.3. The summed E-state index contributed by atoms with van der Waals surface area (Å²) in [6.07, 6.45) is 4.90. The zero-order valence-corrected chi connectivity index (χ0v) is 22.6. The summed E-state index contributed by atoms with van der Waals surface area (Å²) in [5, 5.41) is 13.1. The van der Waals surface area contributed by atoms with Crippen molar-refractivity contribution in [2.45, 2.75) is 50.1 Å². The van der Waals surface area contributed by atoms with Gasteiger partial charge in [0.25, 0.3) is 8.32 Å². The molecule has 7 nitrogen and oxygen atoms in total. The molecule has 0 radical (unpaired) electrons. The molecule has 2 aromatic heterocycles. The van der Waals surface area contributed by atoms with E-state index in [1.807, 2.05) is 60.7 Å². The van der Waals surface area contributed by atoms with E-state index in [0.717, 1.165) is 10.4 Å². The van der Waals surface area contributed by atoms with Crippen LogP contribution in [0, 0.1) is 18.2 Å². The molecule has 38 heavy (non-hydrogen) atoms. The van der Waals surface area contributed by atoms with E-state index < -0.39 is 32.0 Å². The van der Waals surface area contributed by atoms with Crippen LogP contribution < -0.4 is 16.1 Å². The van der Waals surface area contributed by atoms with E-state index in [9.17, 15) is 9.50 Å². The maximum absolute atomic E-state index is 14.8. The Morgan fingerprint density at radius 1 is 1.21 bits per heavy atom. The first-order valence-corrected chi connectivity index (χ1v) is 14.3.